The third-order valence-corrected chi connectivity index (χ3v) is 5.48. The Morgan fingerprint density at radius 1 is 1.00 bits per heavy atom. The van der Waals surface area contributed by atoms with Gasteiger partial charge in [0.2, 0.25) is 5.78 Å². The lowest BCUT2D eigenvalue weighted by Crippen LogP contribution is -2.24. The number of carbonyl (C=O) groups excluding carboxylic acids is 2. The van der Waals surface area contributed by atoms with Crippen molar-refractivity contribution in [2.24, 2.45) is 0 Å². The summed E-state index contributed by atoms with van der Waals surface area (Å²) in [5.74, 6) is 0.107. The van der Waals surface area contributed by atoms with Crippen LogP contribution >= 0.6 is 0 Å². The molecule has 5 nitrogen and oxygen atoms in total. The van der Waals surface area contributed by atoms with Crippen LogP contribution in [0.3, 0.4) is 0 Å². The largest absolute Gasteiger partial charge is 0.485 e. The van der Waals surface area contributed by atoms with Crippen molar-refractivity contribution in [3.8, 4) is 5.75 Å². The minimum atomic E-state index is -0.228. The molecule has 2 aromatic carbocycles. The van der Waals surface area contributed by atoms with Crippen molar-refractivity contribution in [1.82, 2.24) is 9.88 Å². The van der Waals surface area contributed by atoms with Crippen molar-refractivity contribution in [3.63, 3.8) is 0 Å². The molecule has 5 heteroatoms. The molecule has 0 unspecified atom stereocenters. The number of aromatic nitrogens is 1. The van der Waals surface area contributed by atoms with Crippen LogP contribution in [-0.2, 0) is 6.54 Å². The number of hydrogen-bond donors (Lipinski definition) is 1. The Kier molecular flexibility index (Phi) is 5.70. The van der Waals surface area contributed by atoms with Crippen LogP contribution in [0.5, 0.6) is 5.75 Å². The minimum Gasteiger partial charge on any atom is -0.485 e. The molecule has 0 aliphatic heterocycles. The summed E-state index contributed by atoms with van der Waals surface area (Å²) < 4.78 is 8.04. The molecule has 1 aliphatic carbocycles. The first-order chi connectivity index (χ1) is 14.5. The van der Waals surface area contributed by atoms with Crippen molar-refractivity contribution < 1.29 is 14.3 Å². The quantitative estimate of drug-likeness (QED) is 0.559. The summed E-state index contributed by atoms with van der Waals surface area (Å²) in [6.07, 6.45) is 2.35. The van der Waals surface area contributed by atoms with Gasteiger partial charge in [0.1, 0.15) is 5.75 Å². The summed E-state index contributed by atoms with van der Waals surface area (Å²) in [4.78, 5) is 25.5. The Morgan fingerprint density at radius 2 is 1.70 bits per heavy atom. The van der Waals surface area contributed by atoms with Gasteiger partial charge in [-0.1, -0.05) is 42.5 Å². The lowest BCUT2D eigenvalue weighted by molar-refractivity contribution is 0.0902. The molecule has 3 aromatic rings. The molecule has 0 atom stereocenters. The Hall–Kier alpha value is -3.34. The fourth-order valence-corrected chi connectivity index (χ4v) is 3.83. The van der Waals surface area contributed by atoms with Crippen LogP contribution in [0.4, 0.5) is 0 Å². The van der Waals surface area contributed by atoms with E-state index in [-0.39, 0.29) is 18.3 Å². The second kappa shape index (κ2) is 8.57. The zero-order valence-corrected chi connectivity index (χ0v) is 17.4. The van der Waals surface area contributed by atoms with E-state index in [1.807, 2.05) is 50.2 Å². The summed E-state index contributed by atoms with van der Waals surface area (Å²) >= 11 is 0. The topological polar surface area (TPSA) is 60.3 Å². The fraction of sp³-hybridized carbons (Fsp3) is 0.280. The number of amides is 1. The summed E-state index contributed by atoms with van der Waals surface area (Å²) in [6.45, 7) is 4.36. The van der Waals surface area contributed by atoms with Crippen LogP contribution in [0.2, 0.25) is 0 Å². The number of ether oxygens (including phenoxy) is 1. The second-order valence-corrected chi connectivity index (χ2v) is 7.76. The fourth-order valence-electron chi connectivity index (χ4n) is 3.83. The van der Waals surface area contributed by atoms with E-state index in [1.54, 1.807) is 24.3 Å². The maximum atomic E-state index is 12.8. The Morgan fingerprint density at radius 3 is 2.43 bits per heavy atom. The van der Waals surface area contributed by atoms with E-state index in [0.717, 1.165) is 17.0 Å². The second-order valence-electron chi connectivity index (χ2n) is 7.76. The lowest BCUT2D eigenvalue weighted by Gasteiger charge is -2.12. The average molecular weight is 402 g/mol. The van der Waals surface area contributed by atoms with Gasteiger partial charge in [0.15, 0.2) is 6.61 Å². The number of rotatable bonds is 8. The average Bonchev–Trinajstić information content (AvgIpc) is 3.55. The summed E-state index contributed by atoms with van der Waals surface area (Å²) in [7, 11) is 0. The highest BCUT2D eigenvalue weighted by atomic mass is 16.5. The van der Waals surface area contributed by atoms with Gasteiger partial charge in [-0.25, -0.2) is 0 Å². The van der Waals surface area contributed by atoms with Crippen LogP contribution in [0.25, 0.3) is 0 Å². The van der Waals surface area contributed by atoms with Crippen LogP contribution in [0.15, 0.2) is 60.7 Å². The number of carbonyl (C=O) groups is 2. The number of nitrogens with zero attached hydrogens (tertiary/aromatic N) is 1. The predicted molar refractivity (Wildman–Crippen MR) is 116 cm³/mol. The molecule has 0 saturated heterocycles. The van der Waals surface area contributed by atoms with Crippen molar-refractivity contribution in [1.29, 1.82) is 0 Å². The molecule has 1 heterocycles. The van der Waals surface area contributed by atoms with Gasteiger partial charge >= 0.3 is 0 Å². The van der Waals surface area contributed by atoms with E-state index in [4.69, 9.17) is 4.74 Å². The standard InChI is InChI=1S/C25H26N2O3/c1-17-14-22(18(2)27(17)20-12-13-20)23(28)16-30-24-11-7-6-10-21(24)25(29)26-15-19-8-4-3-5-9-19/h3-11,14,20H,12-13,15-16H2,1-2H3,(H,26,29). The van der Waals surface area contributed by atoms with Crippen molar-refractivity contribution in [2.75, 3.05) is 6.61 Å². The van der Waals surface area contributed by atoms with Gasteiger partial charge < -0.3 is 14.6 Å². The molecule has 1 aromatic heterocycles. The summed E-state index contributed by atoms with van der Waals surface area (Å²) in [5.41, 5.74) is 4.25. The van der Waals surface area contributed by atoms with Gasteiger partial charge in [0.25, 0.3) is 5.91 Å². The molecule has 154 valence electrons. The molecule has 1 aliphatic rings. The molecule has 0 spiro atoms. The minimum absolute atomic E-state index is 0.0745. The molecule has 1 fully saturated rings. The smallest absolute Gasteiger partial charge is 0.255 e. The zero-order valence-electron chi connectivity index (χ0n) is 17.4. The zero-order chi connectivity index (χ0) is 21.1. The van der Waals surface area contributed by atoms with Gasteiger partial charge in [-0.3, -0.25) is 9.59 Å². The number of aryl methyl sites for hydroxylation is 1. The molecule has 30 heavy (non-hydrogen) atoms. The number of nitrogens with one attached hydrogen (secondary N) is 1. The molecular formula is C25H26N2O3. The van der Waals surface area contributed by atoms with Gasteiger partial charge in [-0.05, 0) is 50.5 Å². The maximum absolute atomic E-state index is 12.8. The van der Waals surface area contributed by atoms with Crippen molar-refractivity contribution in [2.45, 2.75) is 39.3 Å². The molecule has 1 saturated carbocycles. The Balaban J connectivity index is 1.42. The maximum Gasteiger partial charge on any atom is 0.255 e. The third-order valence-electron chi connectivity index (χ3n) is 5.48. The van der Waals surface area contributed by atoms with Crippen LogP contribution in [-0.4, -0.2) is 22.9 Å². The highest BCUT2D eigenvalue weighted by Crippen LogP contribution is 2.38. The first kappa shape index (κ1) is 20.0. The molecule has 4 rings (SSSR count). The third kappa shape index (κ3) is 4.30. The number of hydrogen-bond acceptors (Lipinski definition) is 3. The summed E-state index contributed by atoms with van der Waals surface area (Å²) in [5, 5.41) is 2.91. The highest BCUT2D eigenvalue weighted by molar-refractivity contribution is 5.99. The SMILES string of the molecule is Cc1cc(C(=O)COc2ccccc2C(=O)NCc2ccccc2)c(C)n1C1CC1. The van der Waals surface area contributed by atoms with Gasteiger partial charge in [0.05, 0.1) is 5.56 Å². The molecule has 1 N–H and O–H groups in total. The van der Waals surface area contributed by atoms with Crippen LogP contribution in [0.1, 0.15) is 56.6 Å². The first-order valence-corrected chi connectivity index (χ1v) is 10.3. The van der Waals surface area contributed by atoms with E-state index < -0.39 is 0 Å². The van der Waals surface area contributed by atoms with Gasteiger partial charge in [-0.15, -0.1) is 0 Å². The number of ketones is 1. The monoisotopic (exact) mass is 402 g/mol. The lowest BCUT2D eigenvalue weighted by atomic mass is 10.1. The van der Waals surface area contributed by atoms with E-state index in [0.29, 0.717) is 29.5 Å². The normalized spacial score (nSPS) is 13.1. The van der Waals surface area contributed by atoms with Gasteiger partial charge in [-0.2, -0.15) is 0 Å². The number of benzene rings is 2. The predicted octanol–water partition coefficient (Wildman–Crippen LogP) is 4.63. The van der Waals surface area contributed by atoms with Gasteiger partial charge in [0, 0.05) is 29.5 Å². The van der Waals surface area contributed by atoms with E-state index in [2.05, 4.69) is 9.88 Å². The molecular weight excluding hydrogens is 376 g/mol. The Bertz CT molecular complexity index is 1070. The number of para-hydroxylation sites is 1. The van der Waals surface area contributed by atoms with Crippen LogP contribution in [0, 0.1) is 13.8 Å². The van der Waals surface area contributed by atoms with E-state index in [9.17, 15) is 9.59 Å². The Labute approximate surface area is 176 Å². The summed E-state index contributed by atoms with van der Waals surface area (Å²) in [6, 6.07) is 19.2. The van der Waals surface area contributed by atoms with Crippen molar-refractivity contribution >= 4 is 11.7 Å². The molecule has 1 amide bonds. The van der Waals surface area contributed by atoms with Crippen LogP contribution < -0.4 is 10.1 Å². The first-order valence-electron chi connectivity index (χ1n) is 10.3. The molecule has 0 bridgehead atoms. The van der Waals surface area contributed by atoms with E-state index in [1.165, 1.54) is 12.8 Å². The van der Waals surface area contributed by atoms with E-state index >= 15 is 0 Å². The van der Waals surface area contributed by atoms with Crippen molar-refractivity contribution in [3.05, 3.63) is 88.7 Å². The number of Topliss-reactive ketones (excluding diaryl/α,β-unsaturated/α-hetero) is 1. The molecule has 0 radical (unpaired) electrons. The highest BCUT2D eigenvalue weighted by Gasteiger charge is 2.28.